The van der Waals surface area contributed by atoms with E-state index in [0.717, 1.165) is 12.0 Å². The summed E-state index contributed by atoms with van der Waals surface area (Å²) in [6.07, 6.45) is 2.30. The van der Waals surface area contributed by atoms with Gasteiger partial charge in [0.15, 0.2) is 0 Å². The summed E-state index contributed by atoms with van der Waals surface area (Å²) in [6, 6.07) is 4.71. The Balaban J connectivity index is 1.73. The number of carbonyl (C=O) groups is 2. The molecule has 5 nitrogen and oxygen atoms in total. The number of halogens is 1. The monoisotopic (exact) mass is 335 g/mol. The molecule has 3 heterocycles. The lowest BCUT2D eigenvalue weighted by atomic mass is 10.0. The zero-order chi connectivity index (χ0) is 15.7. The Morgan fingerprint density at radius 3 is 3.05 bits per heavy atom. The second-order valence-electron chi connectivity index (χ2n) is 5.02. The lowest BCUT2D eigenvalue weighted by molar-refractivity contribution is 0.0944. The van der Waals surface area contributed by atoms with Gasteiger partial charge in [-0.05, 0) is 42.5 Å². The van der Waals surface area contributed by atoms with E-state index in [2.05, 4.69) is 10.3 Å². The summed E-state index contributed by atoms with van der Waals surface area (Å²) in [6.45, 7) is 2.56. The van der Waals surface area contributed by atoms with Crippen LogP contribution in [0, 0.1) is 0 Å². The zero-order valence-electron chi connectivity index (χ0n) is 11.9. The first kappa shape index (κ1) is 15.0. The van der Waals surface area contributed by atoms with E-state index in [1.807, 2.05) is 18.4 Å². The highest BCUT2D eigenvalue weighted by Crippen LogP contribution is 2.32. The molecule has 2 aromatic rings. The van der Waals surface area contributed by atoms with Crippen molar-refractivity contribution in [3.63, 3.8) is 0 Å². The molecule has 0 spiro atoms. The molecule has 0 saturated carbocycles. The average Bonchev–Trinajstić information content (AvgIpc) is 2.97. The minimum Gasteiger partial charge on any atom is -0.317 e. The smallest absolute Gasteiger partial charge is 0.317 e. The van der Waals surface area contributed by atoms with E-state index in [9.17, 15) is 9.59 Å². The Labute approximate surface area is 136 Å². The minimum atomic E-state index is -0.536. The number of hydrogen-bond donors (Lipinski definition) is 1. The zero-order valence-corrected chi connectivity index (χ0v) is 13.4. The number of pyridine rings is 1. The number of nitrogens with zero attached hydrogens (tertiary/aromatic N) is 2. The van der Waals surface area contributed by atoms with Gasteiger partial charge in [0.05, 0.1) is 11.6 Å². The molecule has 1 aliphatic rings. The molecule has 114 valence electrons. The Kier molecular flexibility index (Phi) is 4.13. The highest BCUT2D eigenvalue weighted by molar-refractivity contribution is 7.10. The Morgan fingerprint density at radius 2 is 2.27 bits per heavy atom. The van der Waals surface area contributed by atoms with E-state index in [1.54, 1.807) is 22.3 Å². The van der Waals surface area contributed by atoms with Gasteiger partial charge in [0.25, 0.3) is 5.91 Å². The predicted octanol–water partition coefficient (Wildman–Crippen LogP) is 3.27. The maximum Gasteiger partial charge on any atom is 0.324 e. The van der Waals surface area contributed by atoms with Crippen molar-refractivity contribution in [2.45, 2.75) is 19.4 Å². The SMILES string of the molecule is CC1c2ccsc2CCN1C(=O)NC(=O)c1cccnc1Cl. The number of urea groups is 1. The molecule has 0 fully saturated rings. The van der Waals surface area contributed by atoms with E-state index in [0.29, 0.717) is 6.54 Å². The van der Waals surface area contributed by atoms with Crippen LogP contribution in [-0.2, 0) is 6.42 Å². The number of hydrogen-bond acceptors (Lipinski definition) is 4. The lowest BCUT2D eigenvalue weighted by Gasteiger charge is -2.33. The predicted molar refractivity (Wildman–Crippen MR) is 85.3 cm³/mol. The molecule has 7 heteroatoms. The molecule has 22 heavy (non-hydrogen) atoms. The van der Waals surface area contributed by atoms with Crippen LogP contribution >= 0.6 is 22.9 Å². The van der Waals surface area contributed by atoms with E-state index in [1.165, 1.54) is 17.1 Å². The highest BCUT2D eigenvalue weighted by Gasteiger charge is 2.29. The number of amides is 3. The Morgan fingerprint density at radius 1 is 1.45 bits per heavy atom. The van der Waals surface area contributed by atoms with Gasteiger partial charge in [0.1, 0.15) is 5.15 Å². The summed E-state index contributed by atoms with van der Waals surface area (Å²) in [5.74, 6) is -0.536. The second-order valence-corrected chi connectivity index (χ2v) is 6.38. The van der Waals surface area contributed by atoms with Gasteiger partial charge in [0, 0.05) is 17.6 Å². The third-order valence-electron chi connectivity index (χ3n) is 3.76. The number of thiophene rings is 1. The van der Waals surface area contributed by atoms with Gasteiger partial charge < -0.3 is 4.90 Å². The molecular formula is C15H14ClN3O2S. The molecule has 0 aromatic carbocycles. The van der Waals surface area contributed by atoms with Crippen molar-refractivity contribution in [3.8, 4) is 0 Å². The molecule has 0 saturated heterocycles. The molecule has 3 amide bonds. The van der Waals surface area contributed by atoms with Gasteiger partial charge >= 0.3 is 6.03 Å². The topological polar surface area (TPSA) is 62.3 Å². The van der Waals surface area contributed by atoms with Crippen LogP contribution in [-0.4, -0.2) is 28.4 Å². The van der Waals surface area contributed by atoms with Crippen LogP contribution in [0.4, 0.5) is 4.79 Å². The van der Waals surface area contributed by atoms with Crippen LogP contribution in [0.2, 0.25) is 5.15 Å². The summed E-state index contributed by atoms with van der Waals surface area (Å²) >= 11 is 7.58. The first-order chi connectivity index (χ1) is 10.6. The van der Waals surface area contributed by atoms with Crippen molar-refractivity contribution in [1.82, 2.24) is 15.2 Å². The van der Waals surface area contributed by atoms with Crippen LogP contribution < -0.4 is 5.32 Å². The fourth-order valence-electron chi connectivity index (χ4n) is 2.58. The Hall–Kier alpha value is -1.92. The second kappa shape index (κ2) is 6.06. The molecular weight excluding hydrogens is 322 g/mol. The van der Waals surface area contributed by atoms with Crippen molar-refractivity contribution >= 4 is 34.9 Å². The summed E-state index contributed by atoms with van der Waals surface area (Å²) < 4.78 is 0. The molecule has 1 atom stereocenters. The molecule has 2 aromatic heterocycles. The van der Waals surface area contributed by atoms with Crippen molar-refractivity contribution in [1.29, 1.82) is 0 Å². The number of rotatable bonds is 1. The van der Waals surface area contributed by atoms with Crippen LogP contribution in [0.25, 0.3) is 0 Å². The summed E-state index contributed by atoms with van der Waals surface area (Å²) in [5.41, 5.74) is 1.34. The third-order valence-corrected chi connectivity index (χ3v) is 5.06. The van der Waals surface area contributed by atoms with Gasteiger partial charge in [-0.15, -0.1) is 11.3 Å². The molecule has 0 aliphatic carbocycles. The maximum absolute atomic E-state index is 12.4. The largest absolute Gasteiger partial charge is 0.324 e. The van der Waals surface area contributed by atoms with Crippen LogP contribution in [0.1, 0.15) is 33.8 Å². The molecule has 0 bridgehead atoms. The van der Waals surface area contributed by atoms with Gasteiger partial charge in [0.2, 0.25) is 0 Å². The molecule has 1 unspecified atom stereocenters. The quantitative estimate of drug-likeness (QED) is 0.814. The van der Waals surface area contributed by atoms with Crippen LogP contribution in [0.15, 0.2) is 29.8 Å². The van der Waals surface area contributed by atoms with Gasteiger partial charge in [-0.25, -0.2) is 9.78 Å². The van der Waals surface area contributed by atoms with Crippen molar-refractivity contribution < 1.29 is 9.59 Å². The number of nitrogens with one attached hydrogen (secondary N) is 1. The molecule has 3 rings (SSSR count). The van der Waals surface area contributed by atoms with E-state index in [-0.39, 0.29) is 16.8 Å². The van der Waals surface area contributed by atoms with Gasteiger partial charge in [-0.2, -0.15) is 0 Å². The van der Waals surface area contributed by atoms with Crippen molar-refractivity contribution in [3.05, 3.63) is 50.9 Å². The highest BCUT2D eigenvalue weighted by atomic mass is 35.5. The normalized spacial score (nSPS) is 17.0. The van der Waals surface area contributed by atoms with Gasteiger partial charge in [-0.3, -0.25) is 10.1 Å². The summed E-state index contributed by atoms with van der Waals surface area (Å²) in [7, 11) is 0. The van der Waals surface area contributed by atoms with Crippen LogP contribution in [0.3, 0.4) is 0 Å². The minimum absolute atomic E-state index is 0.0489. The fourth-order valence-corrected chi connectivity index (χ4v) is 3.75. The van der Waals surface area contributed by atoms with Crippen molar-refractivity contribution in [2.24, 2.45) is 0 Å². The first-order valence-electron chi connectivity index (χ1n) is 6.86. The average molecular weight is 336 g/mol. The lowest BCUT2D eigenvalue weighted by Crippen LogP contribution is -2.46. The van der Waals surface area contributed by atoms with E-state index >= 15 is 0 Å². The first-order valence-corrected chi connectivity index (χ1v) is 8.12. The summed E-state index contributed by atoms with van der Waals surface area (Å²) in [4.78, 5) is 31.3. The summed E-state index contributed by atoms with van der Waals surface area (Å²) in [5, 5.41) is 4.50. The number of aromatic nitrogens is 1. The molecule has 0 radical (unpaired) electrons. The standard InChI is InChI=1S/C15H14ClN3O2S/c1-9-10-5-8-22-12(10)4-7-19(9)15(21)18-14(20)11-3-2-6-17-13(11)16/h2-3,5-6,8-9H,4,7H2,1H3,(H,18,20,21). The fraction of sp³-hybridized carbons (Fsp3) is 0.267. The van der Waals surface area contributed by atoms with E-state index < -0.39 is 11.9 Å². The number of imide groups is 1. The Bertz CT molecular complexity index is 731. The molecule has 1 N–H and O–H groups in total. The van der Waals surface area contributed by atoms with Crippen molar-refractivity contribution in [2.75, 3.05) is 6.54 Å². The number of fused-ring (bicyclic) bond motifs is 1. The van der Waals surface area contributed by atoms with E-state index in [4.69, 9.17) is 11.6 Å². The maximum atomic E-state index is 12.4. The molecule has 1 aliphatic heterocycles. The van der Waals surface area contributed by atoms with Crippen LogP contribution in [0.5, 0.6) is 0 Å². The third kappa shape index (κ3) is 2.71. The number of carbonyl (C=O) groups excluding carboxylic acids is 2. The van der Waals surface area contributed by atoms with Gasteiger partial charge in [-0.1, -0.05) is 11.6 Å².